The van der Waals surface area contributed by atoms with Gasteiger partial charge in [0.25, 0.3) is 0 Å². The van der Waals surface area contributed by atoms with Crippen LogP contribution in [0.15, 0.2) is 24.3 Å². The number of aliphatic hydroxyl groups is 1. The molecule has 1 aliphatic rings. The molecule has 0 amide bonds. The van der Waals surface area contributed by atoms with E-state index in [1.165, 1.54) is 12.1 Å². The molecule has 0 aromatic heterocycles. The summed E-state index contributed by atoms with van der Waals surface area (Å²) in [5.41, 5.74) is 0.964. The Morgan fingerprint density at radius 3 is 2.20 bits per heavy atom. The van der Waals surface area contributed by atoms with E-state index in [0.717, 1.165) is 31.4 Å². The summed E-state index contributed by atoms with van der Waals surface area (Å²) < 4.78 is 12.9. The zero-order valence-electron chi connectivity index (χ0n) is 12.7. The topological polar surface area (TPSA) is 32.3 Å². The highest BCUT2D eigenvalue weighted by atomic mass is 19.1. The Balaban J connectivity index is 2.03. The van der Waals surface area contributed by atoms with E-state index >= 15 is 0 Å². The van der Waals surface area contributed by atoms with E-state index in [4.69, 9.17) is 0 Å². The lowest BCUT2D eigenvalue weighted by Gasteiger charge is -2.44. The number of nitrogens with one attached hydrogen (secondary N) is 1. The van der Waals surface area contributed by atoms with Crippen LogP contribution in [0.2, 0.25) is 0 Å². The van der Waals surface area contributed by atoms with Gasteiger partial charge in [0, 0.05) is 5.69 Å². The van der Waals surface area contributed by atoms with E-state index in [9.17, 15) is 9.50 Å². The average Bonchev–Trinajstić information content (AvgIpc) is 2.41. The summed E-state index contributed by atoms with van der Waals surface area (Å²) in [6.45, 7) is 6.99. The fourth-order valence-electron chi connectivity index (χ4n) is 3.20. The minimum Gasteiger partial charge on any atom is -0.394 e. The number of rotatable bonds is 3. The molecule has 0 bridgehead atoms. The zero-order chi connectivity index (χ0) is 14.8. The van der Waals surface area contributed by atoms with Crippen LogP contribution in [0, 0.1) is 17.2 Å². The van der Waals surface area contributed by atoms with Crippen molar-refractivity contribution in [1.29, 1.82) is 0 Å². The van der Waals surface area contributed by atoms with Gasteiger partial charge in [-0.15, -0.1) is 0 Å². The summed E-state index contributed by atoms with van der Waals surface area (Å²) in [4.78, 5) is 0. The largest absolute Gasteiger partial charge is 0.394 e. The van der Waals surface area contributed by atoms with Gasteiger partial charge in [-0.25, -0.2) is 4.39 Å². The first-order valence-electron chi connectivity index (χ1n) is 7.49. The van der Waals surface area contributed by atoms with Crippen molar-refractivity contribution in [3.05, 3.63) is 30.1 Å². The van der Waals surface area contributed by atoms with Crippen LogP contribution in [0.4, 0.5) is 10.1 Å². The van der Waals surface area contributed by atoms with Crippen LogP contribution in [-0.4, -0.2) is 17.3 Å². The second-order valence-electron chi connectivity index (χ2n) is 7.21. The first kappa shape index (κ1) is 15.3. The van der Waals surface area contributed by atoms with Gasteiger partial charge in [-0.1, -0.05) is 20.8 Å². The summed E-state index contributed by atoms with van der Waals surface area (Å²) in [5, 5.41) is 13.2. The molecule has 2 rings (SSSR count). The highest BCUT2D eigenvalue weighted by Crippen LogP contribution is 2.42. The predicted molar refractivity (Wildman–Crippen MR) is 81.3 cm³/mol. The van der Waals surface area contributed by atoms with Gasteiger partial charge < -0.3 is 10.4 Å². The quantitative estimate of drug-likeness (QED) is 0.869. The Bertz CT molecular complexity index is 427. The molecule has 3 heteroatoms. The lowest BCUT2D eigenvalue weighted by molar-refractivity contribution is 0.104. The van der Waals surface area contributed by atoms with Gasteiger partial charge in [0.05, 0.1) is 12.1 Å². The summed E-state index contributed by atoms with van der Waals surface area (Å²) >= 11 is 0. The number of benzene rings is 1. The van der Waals surface area contributed by atoms with Gasteiger partial charge in [0.15, 0.2) is 0 Å². The van der Waals surface area contributed by atoms with Gasteiger partial charge in [0.2, 0.25) is 0 Å². The molecule has 2 N–H and O–H groups in total. The zero-order valence-corrected chi connectivity index (χ0v) is 12.7. The third-order valence-electron chi connectivity index (χ3n) is 4.72. The lowest BCUT2D eigenvalue weighted by Crippen LogP contribution is -2.46. The molecule has 0 atom stereocenters. The maximum absolute atomic E-state index is 12.9. The fourth-order valence-corrected chi connectivity index (χ4v) is 3.20. The number of halogens is 1. The molecule has 1 fully saturated rings. The molecule has 0 saturated heterocycles. The summed E-state index contributed by atoms with van der Waals surface area (Å²) in [7, 11) is 0. The van der Waals surface area contributed by atoms with Crippen LogP contribution < -0.4 is 5.32 Å². The normalized spacial score (nSPS) is 27.4. The SMILES string of the molecule is CC(C)(C)C1CCC(CO)(Nc2ccc(F)cc2)CC1. The maximum atomic E-state index is 12.9. The fraction of sp³-hybridized carbons (Fsp3) is 0.647. The number of aliphatic hydroxyl groups excluding tert-OH is 1. The highest BCUT2D eigenvalue weighted by Gasteiger charge is 2.38. The molecular weight excluding hydrogens is 253 g/mol. The van der Waals surface area contributed by atoms with Crippen LogP contribution in [0.3, 0.4) is 0 Å². The van der Waals surface area contributed by atoms with Crippen molar-refractivity contribution in [1.82, 2.24) is 0 Å². The molecular formula is C17H26FNO. The molecule has 1 aliphatic carbocycles. The Labute approximate surface area is 121 Å². The Morgan fingerprint density at radius 2 is 1.75 bits per heavy atom. The predicted octanol–water partition coefficient (Wildman–Crippen LogP) is 4.21. The molecule has 0 spiro atoms. The van der Waals surface area contributed by atoms with Gasteiger partial charge in [0.1, 0.15) is 5.82 Å². The van der Waals surface area contributed by atoms with E-state index in [1.54, 1.807) is 12.1 Å². The minimum atomic E-state index is -0.250. The lowest BCUT2D eigenvalue weighted by atomic mass is 9.67. The monoisotopic (exact) mass is 279 g/mol. The van der Waals surface area contributed by atoms with E-state index < -0.39 is 0 Å². The van der Waals surface area contributed by atoms with Gasteiger partial charge in [-0.2, -0.15) is 0 Å². The first-order chi connectivity index (χ1) is 9.35. The molecule has 0 unspecified atom stereocenters. The second kappa shape index (κ2) is 5.72. The van der Waals surface area contributed by atoms with Crippen molar-refractivity contribution in [2.75, 3.05) is 11.9 Å². The van der Waals surface area contributed by atoms with Gasteiger partial charge >= 0.3 is 0 Å². The van der Waals surface area contributed by atoms with Gasteiger partial charge in [-0.05, 0) is 61.3 Å². The van der Waals surface area contributed by atoms with Crippen LogP contribution in [-0.2, 0) is 0 Å². The molecule has 1 aromatic carbocycles. The Kier molecular flexibility index (Phi) is 4.38. The van der Waals surface area contributed by atoms with Crippen molar-refractivity contribution >= 4 is 5.69 Å². The van der Waals surface area contributed by atoms with Crippen molar-refractivity contribution in [2.24, 2.45) is 11.3 Å². The van der Waals surface area contributed by atoms with E-state index in [-0.39, 0.29) is 18.0 Å². The van der Waals surface area contributed by atoms with Crippen molar-refractivity contribution in [3.8, 4) is 0 Å². The molecule has 20 heavy (non-hydrogen) atoms. The Hall–Kier alpha value is -1.09. The average molecular weight is 279 g/mol. The molecule has 0 radical (unpaired) electrons. The minimum absolute atomic E-state index is 0.126. The molecule has 0 heterocycles. The van der Waals surface area contributed by atoms with E-state index in [2.05, 4.69) is 26.1 Å². The van der Waals surface area contributed by atoms with Gasteiger partial charge in [-0.3, -0.25) is 0 Å². The number of anilines is 1. The summed E-state index contributed by atoms with van der Waals surface area (Å²) in [5.74, 6) is 0.474. The maximum Gasteiger partial charge on any atom is 0.123 e. The number of hydrogen-bond acceptors (Lipinski definition) is 2. The van der Waals surface area contributed by atoms with Crippen molar-refractivity contribution < 1.29 is 9.50 Å². The smallest absolute Gasteiger partial charge is 0.123 e. The Morgan fingerprint density at radius 1 is 1.20 bits per heavy atom. The van der Waals surface area contributed by atoms with Crippen LogP contribution in [0.5, 0.6) is 0 Å². The van der Waals surface area contributed by atoms with Crippen molar-refractivity contribution in [2.45, 2.75) is 52.0 Å². The standard InChI is InChI=1S/C17H26FNO/c1-16(2,3)13-8-10-17(12-20,11-9-13)19-15-6-4-14(18)5-7-15/h4-7,13,19-20H,8-12H2,1-3H3. The molecule has 2 nitrogen and oxygen atoms in total. The summed E-state index contributed by atoms with van der Waals surface area (Å²) in [6, 6.07) is 6.38. The first-order valence-corrected chi connectivity index (χ1v) is 7.49. The molecule has 1 saturated carbocycles. The molecule has 112 valence electrons. The summed E-state index contributed by atoms with van der Waals surface area (Å²) in [6.07, 6.45) is 4.17. The molecule has 0 aliphatic heterocycles. The van der Waals surface area contributed by atoms with Crippen LogP contribution in [0.1, 0.15) is 46.5 Å². The number of hydrogen-bond donors (Lipinski definition) is 2. The molecule has 1 aromatic rings. The van der Waals surface area contributed by atoms with Crippen LogP contribution >= 0.6 is 0 Å². The second-order valence-corrected chi connectivity index (χ2v) is 7.21. The third-order valence-corrected chi connectivity index (χ3v) is 4.72. The van der Waals surface area contributed by atoms with E-state index in [0.29, 0.717) is 11.3 Å². The highest BCUT2D eigenvalue weighted by molar-refractivity contribution is 5.45. The van der Waals surface area contributed by atoms with Crippen LogP contribution in [0.25, 0.3) is 0 Å². The third kappa shape index (κ3) is 3.51. The van der Waals surface area contributed by atoms with Crippen molar-refractivity contribution in [3.63, 3.8) is 0 Å². The van der Waals surface area contributed by atoms with E-state index in [1.807, 2.05) is 0 Å².